The first kappa shape index (κ1) is 21.0. The summed E-state index contributed by atoms with van der Waals surface area (Å²) in [5.41, 5.74) is 0.800. The molecule has 1 saturated carbocycles. The van der Waals surface area contributed by atoms with Crippen LogP contribution in [-0.4, -0.2) is 55.5 Å². The maximum Gasteiger partial charge on any atom is 0.234 e. The fourth-order valence-electron chi connectivity index (χ4n) is 4.23. The fraction of sp³-hybridized carbons (Fsp3) is 0.652. The number of hydrogen-bond donors (Lipinski definition) is 1. The number of piperidine rings is 1. The highest BCUT2D eigenvalue weighted by Crippen LogP contribution is 2.22. The molecule has 1 heterocycles. The van der Waals surface area contributed by atoms with Crippen molar-refractivity contribution in [1.29, 1.82) is 0 Å². The average molecular weight is 387 g/mol. The highest BCUT2D eigenvalue weighted by atomic mass is 16.5. The van der Waals surface area contributed by atoms with Crippen molar-refractivity contribution in [2.45, 2.75) is 57.5 Å². The van der Waals surface area contributed by atoms with E-state index in [0.717, 1.165) is 44.5 Å². The summed E-state index contributed by atoms with van der Waals surface area (Å²) in [6, 6.07) is 9.53. The van der Waals surface area contributed by atoms with Crippen molar-refractivity contribution >= 4 is 11.7 Å². The van der Waals surface area contributed by atoms with E-state index >= 15 is 0 Å². The predicted octanol–water partition coefficient (Wildman–Crippen LogP) is 3.44. The minimum absolute atomic E-state index is 0.0745. The molecule has 1 aromatic carbocycles. The van der Waals surface area contributed by atoms with E-state index in [-0.39, 0.29) is 17.6 Å². The van der Waals surface area contributed by atoms with E-state index < -0.39 is 0 Å². The molecule has 28 heavy (non-hydrogen) atoms. The number of nitrogens with one attached hydrogen (secondary N) is 1. The molecular formula is C23H34N2O3. The van der Waals surface area contributed by atoms with Gasteiger partial charge in [0.05, 0.1) is 12.6 Å². The third kappa shape index (κ3) is 6.71. The molecule has 154 valence electrons. The number of hydrogen-bond acceptors (Lipinski definition) is 4. The number of rotatable bonds is 9. The minimum Gasteiger partial charge on any atom is -0.378 e. The van der Waals surface area contributed by atoms with E-state index in [0.29, 0.717) is 19.2 Å². The molecule has 0 bridgehead atoms. The highest BCUT2D eigenvalue weighted by Gasteiger charge is 2.26. The molecule has 2 fully saturated rings. The summed E-state index contributed by atoms with van der Waals surface area (Å²) in [5, 5.41) is 3.00. The van der Waals surface area contributed by atoms with Crippen LogP contribution < -0.4 is 5.32 Å². The van der Waals surface area contributed by atoms with Gasteiger partial charge in [-0.25, -0.2) is 0 Å². The first-order chi connectivity index (χ1) is 13.7. The topological polar surface area (TPSA) is 58.6 Å². The molecule has 5 heteroatoms. The quantitative estimate of drug-likeness (QED) is 0.522. The number of carbonyl (C=O) groups excluding carboxylic acids is 2. The van der Waals surface area contributed by atoms with Crippen LogP contribution in [0.15, 0.2) is 30.3 Å². The van der Waals surface area contributed by atoms with Gasteiger partial charge in [0.2, 0.25) is 5.91 Å². The molecule has 0 unspecified atom stereocenters. The summed E-state index contributed by atoms with van der Waals surface area (Å²) in [7, 11) is 0. The number of amides is 1. The van der Waals surface area contributed by atoms with Crippen LogP contribution in [-0.2, 0) is 9.53 Å². The van der Waals surface area contributed by atoms with E-state index in [1.807, 2.05) is 30.3 Å². The Labute approximate surface area is 168 Å². The maximum absolute atomic E-state index is 12.5. The molecule has 0 aromatic heterocycles. The van der Waals surface area contributed by atoms with Gasteiger partial charge in [-0.05, 0) is 45.2 Å². The van der Waals surface area contributed by atoms with Crippen molar-refractivity contribution in [3.63, 3.8) is 0 Å². The van der Waals surface area contributed by atoms with Gasteiger partial charge < -0.3 is 10.1 Å². The van der Waals surface area contributed by atoms with E-state index in [2.05, 4.69) is 10.2 Å². The summed E-state index contributed by atoms with van der Waals surface area (Å²) in [6.45, 7) is 3.45. The normalized spacial score (nSPS) is 19.4. The van der Waals surface area contributed by atoms with Crippen molar-refractivity contribution in [3.05, 3.63) is 35.9 Å². The number of carbonyl (C=O) groups is 2. The summed E-state index contributed by atoms with van der Waals surface area (Å²) in [4.78, 5) is 26.8. The predicted molar refractivity (Wildman–Crippen MR) is 110 cm³/mol. The van der Waals surface area contributed by atoms with Crippen LogP contribution in [0.5, 0.6) is 0 Å². The number of benzene rings is 1. The van der Waals surface area contributed by atoms with Crippen LogP contribution in [0.25, 0.3) is 0 Å². The Morgan fingerprint density at radius 1 is 1.00 bits per heavy atom. The van der Waals surface area contributed by atoms with Crippen molar-refractivity contribution in [2.24, 2.45) is 5.92 Å². The lowest BCUT2D eigenvalue weighted by Crippen LogP contribution is -2.43. The molecule has 1 aliphatic heterocycles. The third-order valence-corrected chi connectivity index (χ3v) is 5.93. The third-order valence-electron chi connectivity index (χ3n) is 5.93. The molecule has 0 spiro atoms. The Bertz CT molecular complexity index is 606. The Kier molecular flexibility index (Phi) is 8.49. The summed E-state index contributed by atoms with van der Waals surface area (Å²) < 4.78 is 5.89. The van der Waals surface area contributed by atoms with Crippen molar-refractivity contribution in [3.8, 4) is 0 Å². The van der Waals surface area contributed by atoms with Gasteiger partial charge in [-0.3, -0.25) is 14.5 Å². The molecule has 1 amide bonds. The lowest BCUT2D eigenvalue weighted by molar-refractivity contribution is -0.122. The number of nitrogens with zero attached hydrogens (tertiary/aromatic N) is 1. The Balaban J connectivity index is 1.26. The number of Topliss-reactive ketones (excluding diaryl/α,β-unsaturated/α-hetero) is 1. The highest BCUT2D eigenvalue weighted by molar-refractivity contribution is 5.97. The Morgan fingerprint density at radius 3 is 2.43 bits per heavy atom. The van der Waals surface area contributed by atoms with E-state index in [1.165, 1.54) is 32.1 Å². The monoisotopic (exact) mass is 386 g/mol. The van der Waals surface area contributed by atoms with Gasteiger partial charge >= 0.3 is 0 Å². The van der Waals surface area contributed by atoms with Gasteiger partial charge in [-0.2, -0.15) is 0 Å². The van der Waals surface area contributed by atoms with Crippen LogP contribution >= 0.6 is 0 Å². The molecule has 3 rings (SSSR count). The van der Waals surface area contributed by atoms with Crippen molar-refractivity contribution < 1.29 is 14.3 Å². The second-order valence-corrected chi connectivity index (χ2v) is 8.12. The lowest BCUT2D eigenvalue weighted by atomic mass is 9.89. The summed E-state index contributed by atoms with van der Waals surface area (Å²) in [5.74, 6) is 0.395. The first-order valence-corrected chi connectivity index (χ1v) is 10.9. The van der Waals surface area contributed by atoms with Crippen LogP contribution in [0.2, 0.25) is 0 Å². The molecule has 2 aliphatic rings. The van der Waals surface area contributed by atoms with Gasteiger partial charge in [0.15, 0.2) is 5.78 Å². The molecule has 5 nitrogen and oxygen atoms in total. The zero-order valence-electron chi connectivity index (χ0n) is 16.9. The van der Waals surface area contributed by atoms with Crippen LogP contribution in [0.1, 0.15) is 61.7 Å². The molecule has 1 N–H and O–H groups in total. The molecule has 1 saturated heterocycles. The Morgan fingerprint density at radius 2 is 1.71 bits per heavy atom. The largest absolute Gasteiger partial charge is 0.378 e. The molecule has 0 radical (unpaired) electrons. The average Bonchev–Trinajstić information content (AvgIpc) is 2.75. The standard InChI is InChI=1S/C23H34N2O3/c26-22(24-14-7-17-28-21-10-5-2-6-11-21)18-25-15-12-20(13-16-25)23(27)19-8-3-1-4-9-19/h1,3-4,8-9,20-21H,2,5-7,10-18H2,(H,24,26). The smallest absolute Gasteiger partial charge is 0.234 e. The number of likely N-dealkylation sites (tertiary alicyclic amines) is 1. The van der Waals surface area contributed by atoms with Gasteiger partial charge in [-0.15, -0.1) is 0 Å². The Hall–Kier alpha value is -1.72. The zero-order chi connectivity index (χ0) is 19.6. The second kappa shape index (κ2) is 11.3. The maximum atomic E-state index is 12.5. The summed E-state index contributed by atoms with van der Waals surface area (Å²) in [6.07, 6.45) is 9.26. The number of ether oxygens (including phenoxy) is 1. The SMILES string of the molecule is O=C(CN1CCC(C(=O)c2ccccc2)CC1)NCCCOC1CCCCC1. The van der Waals surface area contributed by atoms with Crippen LogP contribution in [0.3, 0.4) is 0 Å². The first-order valence-electron chi connectivity index (χ1n) is 10.9. The van der Waals surface area contributed by atoms with E-state index in [1.54, 1.807) is 0 Å². The van der Waals surface area contributed by atoms with Gasteiger partial charge in [0.1, 0.15) is 0 Å². The summed E-state index contributed by atoms with van der Waals surface area (Å²) >= 11 is 0. The second-order valence-electron chi connectivity index (χ2n) is 8.12. The molecule has 1 aromatic rings. The van der Waals surface area contributed by atoms with E-state index in [4.69, 9.17) is 4.74 Å². The van der Waals surface area contributed by atoms with Gasteiger partial charge in [0, 0.05) is 24.6 Å². The van der Waals surface area contributed by atoms with Crippen LogP contribution in [0, 0.1) is 5.92 Å². The number of ketones is 1. The van der Waals surface area contributed by atoms with Crippen molar-refractivity contribution in [2.75, 3.05) is 32.8 Å². The molecule has 0 atom stereocenters. The van der Waals surface area contributed by atoms with E-state index in [9.17, 15) is 9.59 Å². The minimum atomic E-state index is 0.0745. The molecular weight excluding hydrogens is 352 g/mol. The van der Waals surface area contributed by atoms with Gasteiger partial charge in [-0.1, -0.05) is 49.6 Å². The zero-order valence-corrected chi connectivity index (χ0v) is 16.9. The van der Waals surface area contributed by atoms with Crippen molar-refractivity contribution in [1.82, 2.24) is 10.2 Å². The van der Waals surface area contributed by atoms with Gasteiger partial charge in [0.25, 0.3) is 0 Å². The molecule has 1 aliphatic carbocycles. The van der Waals surface area contributed by atoms with Crippen LogP contribution in [0.4, 0.5) is 0 Å². The fourth-order valence-corrected chi connectivity index (χ4v) is 4.23. The lowest BCUT2D eigenvalue weighted by Gasteiger charge is -2.30.